The lowest BCUT2D eigenvalue weighted by Gasteiger charge is -2.28. The molecule has 0 amide bonds. The van der Waals surface area contributed by atoms with Crippen molar-refractivity contribution in [2.45, 2.75) is 4.21 Å². The summed E-state index contributed by atoms with van der Waals surface area (Å²) in [6.07, 6.45) is 1.57. The number of aromatic nitrogens is 1. The monoisotopic (exact) mass is 316 g/mol. The van der Waals surface area contributed by atoms with E-state index in [0.717, 1.165) is 11.3 Å². The van der Waals surface area contributed by atoms with Crippen molar-refractivity contribution in [3.63, 3.8) is 0 Å². The summed E-state index contributed by atoms with van der Waals surface area (Å²) in [5, 5.41) is 0. The third-order valence-corrected chi connectivity index (χ3v) is 6.16. The van der Waals surface area contributed by atoms with Gasteiger partial charge in [-0.2, -0.15) is 0 Å². The molecule has 3 rings (SSSR count). The summed E-state index contributed by atoms with van der Waals surface area (Å²) in [5.74, 6) is 0.333. The number of ether oxygens (including phenoxy) is 1. The topological polar surface area (TPSA) is 59.5 Å². The lowest BCUT2D eigenvalue weighted by Crippen LogP contribution is -2.37. The number of hydrogen-bond donors (Lipinski definition) is 0. The van der Waals surface area contributed by atoms with Crippen LogP contribution < -0.4 is 9.04 Å². The third-order valence-electron chi connectivity index (χ3n) is 2.65. The van der Waals surface area contributed by atoms with Crippen LogP contribution in [0.4, 0.5) is 5.69 Å². The molecule has 0 fully saturated rings. The van der Waals surface area contributed by atoms with Gasteiger partial charge >= 0.3 is 0 Å². The number of rotatable bonds is 2. The van der Waals surface area contributed by atoms with Crippen molar-refractivity contribution in [1.82, 2.24) is 4.98 Å². The van der Waals surface area contributed by atoms with Crippen molar-refractivity contribution in [3.8, 4) is 5.88 Å². The van der Waals surface area contributed by atoms with Gasteiger partial charge in [0.05, 0.1) is 10.9 Å². The summed E-state index contributed by atoms with van der Waals surface area (Å²) in [7, 11) is -3.61. The zero-order chi connectivity index (χ0) is 13.5. The fourth-order valence-electron chi connectivity index (χ4n) is 1.82. The molecule has 1 aliphatic rings. The molecular formula is C11H9ClN2O3S2. The van der Waals surface area contributed by atoms with E-state index in [1.54, 1.807) is 24.4 Å². The van der Waals surface area contributed by atoms with Crippen LogP contribution >= 0.6 is 22.9 Å². The first-order valence-electron chi connectivity index (χ1n) is 5.45. The molecule has 8 heteroatoms. The first-order chi connectivity index (χ1) is 9.09. The van der Waals surface area contributed by atoms with Gasteiger partial charge in [0.15, 0.2) is 0 Å². The predicted molar refractivity (Wildman–Crippen MR) is 73.6 cm³/mol. The van der Waals surface area contributed by atoms with Crippen LogP contribution in [0.15, 0.2) is 34.7 Å². The summed E-state index contributed by atoms with van der Waals surface area (Å²) in [5.41, 5.74) is 0.457. The van der Waals surface area contributed by atoms with E-state index in [-0.39, 0.29) is 17.4 Å². The van der Waals surface area contributed by atoms with E-state index < -0.39 is 10.0 Å². The Labute approximate surface area is 119 Å². The highest BCUT2D eigenvalue weighted by Crippen LogP contribution is 2.35. The minimum absolute atomic E-state index is 0.217. The maximum Gasteiger partial charge on any atom is 0.274 e. The Bertz CT molecular complexity index is 714. The Hall–Kier alpha value is -1.31. The number of thiophene rings is 1. The Morgan fingerprint density at radius 2 is 2.21 bits per heavy atom. The first-order valence-corrected chi connectivity index (χ1v) is 8.08. The molecule has 0 atom stereocenters. The SMILES string of the molecule is O=S(=O)(c1ccc(Cl)s1)N1CCOc2ncccc21. The second-order valence-corrected chi connectivity index (χ2v) is 7.62. The molecule has 0 saturated heterocycles. The molecule has 0 aliphatic carbocycles. The Morgan fingerprint density at radius 3 is 2.95 bits per heavy atom. The van der Waals surface area contributed by atoms with Gasteiger partial charge in [0.2, 0.25) is 5.88 Å². The van der Waals surface area contributed by atoms with Crippen LogP contribution in [0.2, 0.25) is 4.34 Å². The van der Waals surface area contributed by atoms with Gasteiger partial charge in [-0.15, -0.1) is 11.3 Å². The predicted octanol–water partition coefficient (Wildman–Crippen LogP) is 2.38. The van der Waals surface area contributed by atoms with E-state index in [2.05, 4.69) is 4.98 Å². The van der Waals surface area contributed by atoms with Crippen LogP contribution in [0.5, 0.6) is 5.88 Å². The first kappa shape index (κ1) is 12.7. The smallest absolute Gasteiger partial charge is 0.274 e. The zero-order valence-electron chi connectivity index (χ0n) is 9.61. The minimum atomic E-state index is -3.61. The molecule has 0 bridgehead atoms. The average molecular weight is 317 g/mol. The Balaban J connectivity index is 2.08. The van der Waals surface area contributed by atoms with Crippen molar-refractivity contribution in [1.29, 1.82) is 0 Å². The molecule has 100 valence electrons. The maximum atomic E-state index is 12.6. The van der Waals surface area contributed by atoms with E-state index in [1.807, 2.05) is 0 Å². The number of halogens is 1. The van der Waals surface area contributed by atoms with E-state index >= 15 is 0 Å². The molecule has 2 aromatic heterocycles. The summed E-state index contributed by atoms with van der Waals surface area (Å²) in [4.78, 5) is 4.03. The summed E-state index contributed by atoms with van der Waals surface area (Å²) >= 11 is 6.84. The van der Waals surface area contributed by atoms with E-state index in [9.17, 15) is 8.42 Å². The molecule has 19 heavy (non-hydrogen) atoms. The average Bonchev–Trinajstić information content (AvgIpc) is 2.85. The molecule has 0 unspecified atom stereocenters. The van der Waals surface area contributed by atoms with Crippen molar-refractivity contribution in [2.24, 2.45) is 0 Å². The van der Waals surface area contributed by atoms with Crippen molar-refractivity contribution < 1.29 is 13.2 Å². The van der Waals surface area contributed by atoms with Crippen LogP contribution in [0.3, 0.4) is 0 Å². The molecular weight excluding hydrogens is 308 g/mol. The molecule has 0 spiro atoms. The van der Waals surface area contributed by atoms with Gasteiger partial charge in [-0.05, 0) is 24.3 Å². The molecule has 0 saturated carbocycles. The standard InChI is InChI=1S/C11H9ClN2O3S2/c12-9-3-4-10(18-9)19(15,16)14-6-7-17-11-8(14)2-1-5-13-11/h1-5H,6-7H2. The van der Waals surface area contributed by atoms with Gasteiger partial charge in [0.25, 0.3) is 10.0 Å². The van der Waals surface area contributed by atoms with E-state index in [4.69, 9.17) is 16.3 Å². The molecule has 0 radical (unpaired) electrons. The van der Waals surface area contributed by atoms with Gasteiger partial charge < -0.3 is 4.74 Å². The van der Waals surface area contributed by atoms with Crippen LogP contribution in [0, 0.1) is 0 Å². The highest BCUT2D eigenvalue weighted by atomic mass is 35.5. The summed E-state index contributed by atoms with van der Waals surface area (Å²) < 4.78 is 32.4. The largest absolute Gasteiger partial charge is 0.474 e. The fourth-order valence-corrected chi connectivity index (χ4v) is 4.87. The van der Waals surface area contributed by atoms with Crippen LogP contribution in [-0.2, 0) is 10.0 Å². The van der Waals surface area contributed by atoms with Crippen LogP contribution in [-0.4, -0.2) is 26.6 Å². The number of hydrogen-bond acceptors (Lipinski definition) is 5. The molecule has 0 aromatic carbocycles. The lowest BCUT2D eigenvalue weighted by molar-refractivity contribution is 0.303. The normalized spacial score (nSPS) is 14.9. The van der Waals surface area contributed by atoms with Gasteiger partial charge in [0, 0.05) is 6.20 Å². The number of fused-ring (bicyclic) bond motifs is 1. The maximum absolute atomic E-state index is 12.6. The summed E-state index contributed by atoms with van der Waals surface area (Å²) in [6.45, 7) is 0.541. The van der Waals surface area contributed by atoms with Gasteiger partial charge in [-0.25, -0.2) is 13.4 Å². The van der Waals surface area contributed by atoms with Crippen molar-refractivity contribution >= 4 is 38.6 Å². The lowest BCUT2D eigenvalue weighted by atomic mass is 10.3. The Kier molecular flexibility index (Phi) is 3.12. The van der Waals surface area contributed by atoms with Crippen LogP contribution in [0.1, 0.15) is 0 Å². The number of anilines is 1. The summed E-state index contributed by atoms with van der Waals surface area (Å²) in [6, 6.07) is 6.43. The van der Waals surface area contributed by atoms with Gasteiger partial charge in [-0.1, -0.05) is 11.6 Å². The second kappa shape index (κ2) is 4.66. The van der Waals surface area contributed by atoms with Crippen LogP contribution in [0.25, 0.3) is 0 Å². The molecule has 3 heterocycles. The highest BCUT2D eigenvalue weighted by molar-refractivity contribution is 7.94. The zero-order valence-corrected chi connectivity index (χ0v) is 12.0. The van der Waals surface area contributed by atoms with Gasteiger partial charge in [-0.3, -0.25) is 4.31 Å². The minimum Gasteiger partial charge on any atom is -0.474 e. The van der Waals surface area contributed by atoms with Gasteiger partial charge in [0.1, 0.15) is 16.5 Å². The molecule has 5 nitrogen and oxygen atoms in total. The number of pyridine rings is 1. The highest BCUT2D eigenvalue weighted by Gasteiger charge is 2.31. The Morgan fingerprint density at radius 1 is 1.37 bits per heavy atom. The molecule has 0 N–H and O–H groups in total. The van der Waals surface area contributed by atoms with Crippen molar-refractivity contribution in [2.75, 3.05) is 17.5 Å². The third kappa shape index (κ3) is 2.18. The molecule has 1 aliphatic heterocycles. The molecule has 2 aromatic rings. The second-order valence-electron chi connectivity index (χ2n) is 3.81. The number of sulfonamides is 1. The number of nitrogens with zero attached hydrogens (tertiary/aromatic N) is 2. The quantitative estimate of drug-likeness (QED) is 0.853. The fraction of sp³-hybridized carbons (Fsp3) is 0.182. The van der Waals surface area contributed by atoms with E-state index in [0.29, 0.717) is 15.9 Å². The van der Waals surface area contributed by atoms with E-state index in [1.165, 1.54) is 10.4 Å². The van der Waals surface area contributed by atoms with Crippen molar-refractivity contribution in [3.05, 3.63) is 34.8 Å².